The van der Waals surface area contributed by atoms with Crippen LogP contribution in [0.25, 0.3) is 10.9 Å². The Labute approximate surface area is 184 Å². The lowest BCUT2D eigenvalue weighted by molar-refractivity contribution is -0.104. The van der Waals surface area contributed by atoms with Crippen molar-refractivity contribution in [2.45, 2.75) is 53.3 Å². The van der Waals surface area contributed by atoms with Gasteiger partial charge in [-0.25, -0.2) is 0 Å². The van der Waals surface area contributed by atoms with Crippen LogP contribution >= 0.6 is 0 Å². The fraction of sp³-hybridized carbons (Fsp3) is 0.435. The van der Waals surface area contributed by atoms with Gasteiger partial charge in [0, 0.05) is 23.4 Å². The first-order chi connectivity index (χ1) is 14.5. The van der Waals surface area contributed by atoms with Crippen LogP contribution in [-0.2, 0) is 22.0 Å². The van der Waals surface area contributed by atoms with Gasteiger partial charge in [0.15, 0.2) is 19.5 Å². The van der Waals surface area contributed by atoms with Crippen LogP contribution in [0, 0.1) is 11.3 Å². The van der Waals surface area contributed by atoms with Crippen molar-refractivity contribution in [1.82, 2.24) is 9.78 Å². The van der Waals surface area contributed by atoms with Crippen molar-refractivity contribution in [3.8, 4) is 5.75 Å². The summed E-state index contributed by atoms with van der Waals surface area (Å²) in [5.74, 6) is 1.19. The molecular formula is C23H34N2O3Si2. The van der Waals surface area contributed by atoms with Crippen molar-refractivity contribution in [2.75, 3.05) is 0 Å². The van der Waals surface area contributed by atoms with E-state index in [4.69, 9.17) is 13.6 Å². The topological polar surface area (TPSA) is 45.5 Å². The molecule has 0 N–H and O–H groups in total. The summed E-state index contributed by atoms with van der Waals surface area (Å²) in [7, 11) is -1.07. The van der Waals surface area contributed by atoms with E-state index < -0.39 is 19.5 Å². The Kier molecular flexibility index (Phi) is 7.88. The Bertz CT molecular complexity index is 925. The zero-order valence-corrected chi connectivity index (χ0v) is 21.6. The minimum absolute atomic E-state index is 0.0916. The van der Waals surface area contributed by atoms with Gasteiger partial charge in [-0.15, -0.1) is 0 Å². The molecule has 1 aromatic heterocycles. The predicted molar refractivity (Wildman–Crippen MR) is 128 cm³/mol. The molecule has 0 radical (unpaired) electrons. The molecule has 0 saturated heterocycles. The number of rotatable bonds is 11. The molecule has 0 bridgehead atoms. The maximum absolute atomic E-state index is 6.07. The minimum Gasteiger partial charge on any atom is -0.489 e. The van der Waals surface area contributed by atoms with Gasteiger partial charge in [0.1, 0.15) is 18.6 Å². The summed E-state index contributed by atoms with van der Waals surface area (Å²) in [5.41, 5.74) is 2.16. The van der Waals surface area contributed by atoms with Gasteiger partial charge >= 0.3 is 0 Å². The number of hydrogen-bond acceptors (Lipinski definition) is 4. The number of nitrogens with zero attached hydrogens (tertiary/aromatic N) is 2. The lowest BCUT2D eigenvalue weighted by Gasteiger charge is -2.39. The van der Waals surface area contributed by atoms with Crippen LogP contribution < -0.4 is 4.74 Å². The average molecular weight is 443 g/mol. The summed E-state index contributed by atoms with van der Waals surface area (Å²) in [6, 6.07) is 16.4. The molecule has 3 aromatic rings. The Hall–Kier alpha value is -1.94. The van der Waals surface area contributed by atoms with Gasteiger partial charge in [-0.3, -0.25) is 4.68 Å². The summed E-state index contributed by atoms with van der Waals surface area (Å²) in [6.07, 6.45) is 1.81. The van der Waals surface area contributed by atoms with E-state index >= 15 is 0 Å². The fourth-order valence-electron chi connectivity index (χ4n) is 3.53. The second-order valence-corrected chi connectivity index (χ2v) is 10.1. The SMILES string of the molecule is C[SiH2]OC(O[SiH2]C)C(C)(C)C(C)Cn1ncc2ccc(OCc3ccccc3)cc21. The van der Waals surface area contributed by atoms with Gasteiger partial charge in [-0.2, -0.15) is 5.10 Å². The fourth-order valence-corrected chi connectivity index (χ4v) is 5.38. The molecule has 1 unspecified atom stereocenters. The highest BCUT2D eigenvalue weighted by atomic mass is 28.2. The highest BCUT2D eigenvalue weighted by molar-refractivity contribution is 6.26. The molecule has 5 nitrogen and oxygen atoms in total. The van der Waals surface area contributed by atoms with E-state index in [-0.39, 0.29) is 11.7 Å². The maximum atomic E-state index is 6.07. The van der Waals surface area contributed by atoms with Crippen LogP contribution in [0.5, 0.6) is 5.75 Å². The number of aromatic nitrogens is 2. The first kappa shape index (κ1) is 22.7. The molecular weight excluding hydrogens is 408 g/mol. The van der Waals surface area contributed by atoms with E-state index in [1.54, 1.807) is 0 Å². The molecule has 7 heteroatoms. The van der Waals surface area contributed by atoms with E-state index in [1.165, 1.54) is 0 Å². The number of hydrogen-bond donors (Lipinski definition) is 0. The number of benzene rings is 2. The standard InChI is InChI=1S/C23H34N2O3Si2/c1-17(23(2,3)22(27-29-4)28-30-5)15-25-21-13-20(12-11-19(21)14-24-25)26-16-18-9-7-6-8-10-18/h6-14,17,22H,15-16,29-30H2,1-5H3. The zero-order valence-electron chi connectivity index (χ0n) is 18.8. The molecule has 0 amide bonds. The largest absolute Gasteiger partial charge is 0.489 e. The van der Waals surface area contributed by atoms with Gasteiger partial charge in [0.2, 0.25) is 0 Å². The molecule has 0 aliphatic rings. The van der Waals surface area contributed by atoms with Gasteiger partial charge < -0.3 is 13.6 Å². The summed E-state index contributed by atoms with van der Waals surface area (Å²) >= 11 is 0. The van der Waals surface area contributed by atoms with E-state index in [2.05, 4.69) is 67.9 Å². The third kappa shape index (κ3) is 5.40. The highest BCUT2D eigenvalue weighted by Crippen LogP contribution is 2.35. The summed E-state index contributed by atoms with van der Waals surface area (Å²) in [4.78, 5) is 0. The van der Waals surface area contributed by atoms with Crippen molar-refractivity contribution in [3.05, 3.63) is 60.3 Å². The Balaban J connectivity index is 1.75. The smallest absolute Gasteiger partial charge is 0.161 e. The van der Waals surface area contributed by atoms with Crippen LogP contribution in [0.2, 0.25) is 13.1 Å². The van der Waals surface area contributed by atoms with E-state index in [1.807, 2.05) is 30.5 Å². The van der Waals surface area contributed by atoms with Gasteiger partial charge in [0.25, 0.3) is 0 Å². The molecule has 2 aromatic carbocycles. The number of fused-ring (bicyclic) bond motifs is 1. The molecule has 0 aliphatic carbocycles. The van der Waals surface area contributed by atoms with Crippen molar-refractivity contribution < 1.29 is 13.6 Å². The Morgan fingerprint density at radius 1 is 1.03 bits per heavy atom. The third-order valence-electron chi connectivity index (χ3n) is 5.82. The summed E-state index contributed by atoms with van der Waals surface area (Å²) in [5, 5.41) is 5.78. The number of ether oxygens (including phenoxy) is 1. The van der Waals surface area contributed by atoms with Crippen LogP contribution in [-0.4, -0.2) is 35.6 Å². The summed E-state index contributed by atoms with van der Waals surface area (Å²) < 4.78 is 20.3. The summed E-state index contributed by atoms with van der Waals surface area (Å²) in [6.45, 7) is 12.4. The van der Waals surface area contributed by atoms with Gasteiger partial charge in [-0.1, -0.05) is 64.2 Å². The maximum Gasteiger partial charge on any atom is 0.161 e. The quantitative estimate of drug-likeness (QED) is 0.334. The lowest BCUT2D eigenvalue weighted by Crippen LogP contribution is -2.42. The van der Waals surface area contributed by atoms with Crippen molar-refractivity contribution >= 4 is 30.4 Å². The molecule has 30 heavy (non-hydrogen) atoms. The first-order valence-electron chi connectivity index (χ1n) is 10.8. The van der Waals surface area contributed by atoms with E-state index in [0.717, 1.165) is 28.8 Å². The van der Waals surface area contributed by atoms with Gasteiger partial charge in [0.05, 0.1) is 11.7 Å². The highest BCUT2D eigenvalue weighted by Gasteiger charge is 2.36. The second kappa shape index (κ2) is 10.4. The van der Waals surface area contributed by atoms with Crippen molar-refractivity contribution in [2.24, 2.45) is 11.3 Å². The zero-order chi connectivity index (χ0) is 21.6. The van der Waals surface area contributed by atoms with Gasteiger partial charge in [-0.05, 0) is 23.6 Å². The molecule has 0 saturated carbocycles. The normalized spacial score (nSPS) is 14.8. The van der Waals surface area contributed by atoms with Crippen molar-refractivity contribution in [3.63, 3.8) is 0 Å². The molecule has 0 aliphatic heterocycles. The predicted octanol–water partition coefficient (Wildman–Crippen LogP) is 3.90. The molecule has 1 atom stereocenters. The van der Waals surface area contributed by atoms with Crippen LogP contribution in [0.4, 0.5) is 0 Å². The third-order valence-corrected chi connectivity index (χ3v) is 7.10. The molecule has 1 heterocycles. The van der Waals surface area contributed by atoms with Crippen LogP contribution in [0.1, 0.15) is 26.3 Å². The molecule has 3 rings (SSSR count). The Morgan fingerprint density at radius 2 is 1.73 bits per heavy atom. The molecule has 162 valence electrons. The molecule has 0 spiro atoms. The monoisotopic (exact) mass is 442 g/mol. The minimum atomic E-state index is -0.534. The van der Waals surface area contributed by atoms with Crippen LogP contribution in [0.3, 0.4) is 0 Å². The van der Waals surface area contributed by atoms with Crippen LogP contribution in [0.15, 0.2) is 54.7 Å². The van der Waals surface area contributed by atoms with E-state index in [0.29, 0.717) is 12.5 Å². The van der Waals surface area contributed by atoms with Crippen molar-refractivity contribution in [1.29, 1.82) is 0 Å². The van der Waals surface area contributed by atoms with E-state index in [9.17, 15) is 0 Å². The lowest BCUT2D eigenvalue weighted by atomic mass is 9.79. The molecule has 0 fully saturated rings. The second-order valence-electron chi connectivity index (χ2n) is 8.29. The average Bonchev–Trinajstić information content (AvgIpc) is 3.15. The Morgan fingerprint density at radius 3 is 2.40 bits per heavy atom. The first-order valence-corrected chi connectivity index (χ1v) is 14.8.